The van der Waals surface area contributed by atoms with Crippen molar-refractivity contribution in [2.45, 2.75) is 32.2 Å². The van der Waals surface area contributed by atoms with Crippen molar-refractivity contribution >= 4 is 5.97 Å². The van der Waals surface area contributed by atoms with E-state index in [1.807, 2.05) is 16.9 Å². The van der Waals surface area contributed by atoms with Crippen LogP contribution in [0.3, 0.4) is 0 Å². The third-order valence-corrected chi connectivity index (χ3v) is 5.12. The number of likely N-dealkylation sites (tertiary alicyclic amines) is 1. The molecule has 25 heavy (non-hydrogen) atoms. The number of methoxy groups -OCH3 is 1. The lowest BCUT2D eigenvalue weighted by molar-refractivity contribution is -0.147. The van der Waals surface area contributed by atoms with Crippen LogP contribution in [0, 0.1) is 5.92 Å². The fourth-order valence-electron chi connectivity index (χ4n) is 3.81. The Kier molecular flexibility index (Phi) is 5.87. The summed E-state index contributed by atoms with van der Waals surface area (Å²) in [5, 5.41) is 4.34. The average Bonchev–Trinajstić information content (AvgIpc) is 3.13. The number of piperidine rings is 1. The smallest absolute Gasteiger partial charge is 0.309 e. The lowest BCUT2D eigenvalue weighted by Crippen LogP contribution is -2.43. The molecule has 0 radical (unpaired) electrons. The van der Waals surface area contributed by atoms with Crippen LogP contribution in [-0.2, 0) is 22.5 Å². The summed E-state index contributed by atoms with van der Waals surface area (Å²) < 4.78 is 7.07. The fourth-order valence-corrected chi connectivity index (χ4v) is 3.81. The predicted octanol–water partition coefficient (Wildman–Crippen LogP) is 2.72. The normalized spacial score (nSPS) is 21.2. The van der Waals surface area contributed by atoms with Crippen molar-refractivity contribution in [3.8, 4) is 0 Å². The average molecular weight is 341 g/mol. The SMILES string of the molecule is CCn1nccc1CCN1CC(C(=O)OC)CC(c2ccccc2)C1. The number of hydrogen-bond acceptors (Lipinski definition) is 4. The van der Waals surface area contributed by atoms with Gasteiger partial charge in [-0.05, 0) is 30.9 Å². The summed E-state index contributed by atoms with van der Waals surface area (Å²) in [5.41, 5.74) is 2.55. The third kappa shape index (κ3) is 4.28. The highest BCUT2D eigenvalue weighted by atomic mass is 16.5. The number of carbonyl (C=O) groups excluding carboxylic acids is 1. The molecule has 5 heteroatoms. The van der Waals surface area contributed by atoms with E-state index in [9.17, 15) is 4.79 Å². The molecular formula is C20H27N3O2. The number of carbonyl (C=O) groups is 1. The molecule has 1 aliphatic heterocycles. The van der Waals surface area contributed by atoms with Crippen molar-refractivity contribution in [3.05, 3.63) is 53.9 Å². The summed E-state index contributed by atoms with van der Waals surface area (Å²) in [7, 11) is 1.48. The molecule has 1 saturated heterocycles. The quantitative estimate of drug-likeness (QED) is 0.758. The van der Waals surface area contributed by atoms with E-state index in [1.165, 1.54) is 18.4 Å². The van der Waals surface area contributed by atoms with Crippen LogP contribution in [0.15, 0.2) is 42.6 Å². The molecule has 0 aliphatic carbocycles. The van der Waals surface area contributed by atoms with Gasteiger partial charge in [-0.15, -0.1) is 0 Å². The van der Waals surface area contributed by atoms with E-state index in [0.717, 1.165) is 39.0 Å². The number of aromatic nitrogens is 2. The molecule has 0 bridgehead atoms. The largest absolute Gasteiger partial charge is 0.469 e. The van der Waals surface area contributed by atoms with E-state index in [0.29, 0.717) is 5.92 Å². The van der Waals surface area contributed by atoms with Crippen molar-refractivity contribution in [1.29, 1.82) is 0 Å². The molecule has 3 rings (SSSR count). The second kappa shape index (κ2) is 8.30. The first-order valence-corrected chi connectivity index (χ1v) is 9.07. The first kappa shape index (κ1) is 17.7. The van der Waals surface area contributed by atoms with Crippen molar-refractivity contribution < 1.29 is 9.53 Å². The summed E-state index contributed by atoms with van der Waals surface area (Å²) in [5.74, 6) is 0.222. The van der Waals surface area contributed by atoms with Gasteiger partial charge < -0.3 is 9.64 Å². The Morgan fingerprint density at radius 1 is 1.24 bits per heavy atom. The number of hydrogen-bond donors (Lipinski definition) is 0. The fraction of sp³-hybridized carbons (Fsp3) is 0.500. The van der Waals surface area contributed by atoms with Gasteiger partial charge in [0.25, 0.3) is 0 Å². The number of esters is 1. The van der Waals surface area contributed by atoms with Gasteiger partial charge in [0, 0.05) is 44.5 Å². The molecule has 2 unspecified atom stereocenters. The molecule has 2 atom stereocenters. The first-order chi connectivity index (χ1) is 12.2. The lowest BCUT2D eigenvalue weighted by Gasteiger charge is -2.37. The van der Waals surface area contributed by atoms with E-state index in [2.05, 4.69) is 47.3 Å². The Labute approximate surface area is 149 Å². The van der Waals surface area contributed by atoms with Gasteiger partial charge in [-0.3, -0.25) is 9.48 Å². The molecule has 0 N–H and O–H groups in total. The van der Waals surface area contributed by atoms with Gasteiger partial charge in [0.1, 0.15) is 0 Å². The minimum absolute atomic E-state index is 0.0555. The van der Waals surface area contributed by atoms with Crippen molar-refractivity contribution in [2.24, 2.45) is 5.92 Å². The standard InChI is InChI=1S/C20H27N3O2/c1-3-23-19(9-11-21-23)10-12-22-14-17(16-7-5-4-6-8-16)13-18(15-22)20(24)25-2/h4-9,11,17-18H,3,10,12-15H2,1-2H3. The van der Waals surface area contributed by atoms with Gasteiger partial charge in [0.05, 0.1) is 13.0 Å². The Morgan fingerprint density at radius 2 is 2.04 bits per heavy atom. The van der Waals surface area contributed by atoms with Gasteiger partial charge in [-0.2, -0.15) is 5.10 Å². The summed E-state index contributed by atoms with van der Waals surface area (Å²) in [6, 6.07) is 12.6. The van der Waals surface area contributed by atoms with Crippen LogP contribution < -0.4 is 0 Å². The molecule has 1 aliphatic rings. The first-order valence-electron chi connectivity index (χ1n) is 9.07. The highest BCUT2D eigenvalue weighted by molar-refractivity contribution is 5.72. The van der Waals surface area contributed by atoms with Gasteiger partial charge in [-0.1, -0.05) is 30.3 Å². The zero-order chi connectivity index (χ0) is 17.6. The van der Waals surface area contributed by atoms with E-state index in [-0.39, 0.29) is 11.9 Å². The van der Waals surface area contributed by atoms with Crippen LogP contribution in [0.4, 0.5) is 0 Å². The number of ether oxygens (including phenoxy) is 1. The van der Waals surface area contributed by atoms with E-state index in [4.69, 9.17) is 4.74 Å². The van der Waals surface area contributed by atoms with Crippen molar-refractivity contribution in [3.63, 3.8) is 0 Å². The second-order valence-electron chi connectivity index (χ2n) is 6.71. The maximum Gasteiger partial charge on any atom is 0.309 e. The number of aryl methyl sites for hydroxylation is 1. The van der Waals surface area contributed by atoms with Gasteiger partial charge in [0.15, 0.2) is 0 Å². The molecule has 2 heterocycles. The summed E-state index contributed by atoms with van der Waals surface area (Å²) >= 11 is 0. The topological polar surface area (TPSA) is 47.4 Å². The zero-order valence-corrected chi connectivity index (χ0v) is 15.1. The highest BCUT2D eigenvalue weighted by Crippen LogP contribution is 2.31. The maximum atomic E-state index is 12.2. The van der Waals surface area contributed by atoms with Gasteiger partial charge in [0.2, 0.25) is 0 Å². The molecule has 1 fully saturated rings. The van der Waals surface area contributed by atoms with E-state index < -0.39 is 0 Å². The molecule has 1 aromatic heterocycles. The molecule has 134 valence electrons. The Bertz CT molecular complexity index is 683. The molecular weight excluding hydrogens is 314 g/mol. The molecule has 0 amide bonds. The van der Waals surface area contributed by atoms with Crippen molar-refractivity contribution in [1.82, 2.24) is 14.7 Å². The lowest BCUT2D eigenvalue weighted by atomic mass is 9.84. The van der Waals surface area contributed by atoms with Crippen LogP contribution in [-0.4, -0.2) is 47.4 Å². The Balaban J connectivity index is 1.70. The number of nitrogens with zero attached hydrogens (tertiary/aromatic N) is 3. The predicted molar refractivity (Wildman–Crippen MR) is 97.4 cm³/mol. The molecule has 1 aromatic carbocycles. The molecule has 5 nitrogen and oxygen atoms in total. The summed E-state index contributed by atoms with van der Waals surface area (Å²) in [4.78, 5) is 14.6. The highest BCUT2D eigenvalue weighted by Gasteiger charge is 2.32. The Hall–Kier alpha value is -2.14. The zero-order valence-electron chi connectivity index (χ0n) is 15.1. The van der Waals surface area contributed by atoms with Crippen LogP contribution in [0.25, 0.3) is 0 Å². The second-order valence-corrected chi connectivity index (χ2v) is 6.71. The van der Waals surface area contributed by atoms with Crippen LogP contribution >= 0.6 is 0 Å². The van der Waals surface area contributed by atoms with Gasteiger partial charge in [-0.25, -0.2) is 0 Å². The van der Waals surface area contributed by atoms with E-state index in [1.54, 1.807) is 0 Å². The van der Waals surface area contributed by atoms with Crippen LogP contribution in [0.1, 0.15) is 30.5 Å². The summed E-state index contributed by atoms with van der Waals surface area (Å²) in [6.07, 6.45) is 3.67. The number of benzene rings is 1. The van der Waals surface area contributed by atoms with Crippen LogP contribution in [0.2, 0.25) is 0 Å². The Morgan fingerprint density at radius 3 is 2.76 bits per heavy atom. The molecule has 2 aromatic rings. The monoisotopic (exact) mass is 341 g/mol. The molecule has 0 spiro atoms. The van der Waals surface area contributed by atoms with E-state index >= 15 is 0 Å². The summed E-state index contributed by atoms with van der Waals surface area (Å²) in [6.45, 7) is 5.69. The van der Waals surface area contributed by atoms with Crippen molar-refractivity contribution in [2.75, 3.05) is 26.7 Å². The number of rotatable bonds is 6. The molecule has 0 saturated carbocycles. The third-order valence-electron chi connectivity index (χ3n) is 5.12. The minimum atomic E-state index is -0.0933. The minimum Gasteiger partial charge on any atom is -0.469 e. The maximum absolute atomic E-state index is 12.2. The van der Waals surface area contributed by atoms with Crippen LogP contribution in [0.5, 0.6) is 0 Å². The van der Waals surface area contributed by atoms with Gasteiger partial charge >= 0.3 is 5.97 Å².